The van der Waals surface area contributed by atoms with Gasteiger partial charge in [0.15, 0.2) is 0 Å². The van der Waals surface area contributed by atoms with E-state index in [4.69, 9.17) is 63.1 Å². The molecule has 0 bridgehead atoms. The molecule has 1 fully saturated rings. The van der Waals surface area contributed by atoms with Gasteiger partial charge in [-0.3, -0.25) is 4.79 Å². The lowest BCUT2D eigenvalue weighted by Crippen LogP contribution is -2.17. The third-order valence-corrected chi connectivity index (χ3v) is 6.30. The molecule has 4 nitrogen and oxygen atoms in total. The molecule has 0 aromatic heterocycles. The molecule has 1 aliphatic rings. The number of benzene rings is 2. The number of halogens is 6. The summed E-state index contributed by atoms with van der Waals surface area (Å²) in [5.74, 6) is -4.39. The van der Waals surface area contributed by atoms with Gasteiger partial charge in [0.05, 0.1) is 26.5 Å². The standard InChI is InChI=1S/C17H9Cl5FNO3/c18-9-3-6(4-10(19)14(9)20)12-13(17(12,21)22)15(25)24-7-1-2-11(23)8(5-7)16(26)27/h1-5,12-13H,(H,24,25)(H,26,27)/t12-,13+/m0/s1. The highest BCUT2D eigenvalue weighted by molar-refractivity contribution is 6.54. The van der Waals surface area contributed by atoms with Crippen LogP contribution in [-0.4, -0.2) is 21.3 Å². The summed E-state index contributed by atoms with van der Waals surface area (Å²) in [5.41, 5.74) is 0.0602. The van der Waals surface area contributed by atoms with Crippen molar-refractivity contribution in [1.29, 1.82) is 0 Å². The number of anilines is 1. The molecule has 2 atom stereocenters. The van der Waals surface area contributed by atoms with Crippen molar-refractivity contribution >= 4 is 75.6 Å². The van der Waals surface area contributed by atoms with Crippen molar-refractivity contribution in [3.05, 3.63) is 62.3 Å². The van der Waals surface area contributed by atoms with Crippen molar-refractivity contribution in [2.45, 2.75) is 10.3 Å². The van der Waals surface area contributed by atoms with Crippen LogP contribution in [-0.2, 0) is 4.79 Å². The van der Waals surface area contributed by atoms with Gasteiger partial charge in [0.2, 0.25) is 5.91 Å². The maximum Gasteiger partial charge on any atom is 0.338 e. The number of amides is 1. The van der Waals surface area contributed by atoms with Crippen LogP contribution in [0.1, 0.15) is 21.8 Å². The molecule has 0 spiro atoms. The normalized spacial score (nSPS) is 20.2. The predicted molar refractivity (Wildman–Crippen MR) is 104 cm³/mol. The maximum absolute atomic E-state index is 13.5. The SMILES string of the molecule is O=C(O)c1cc(NC(=O)[C@H]2[C@H](c3cc(Cl)c(Cl)c(Cl)c3)C2(Cl)Cl)ccc1F. The van der Waals surface area contributed by atoms with Crippen LogP contribution in [0.25, 0.3) is 0 Å². The first-order chi connectivity index (χ1) is 12.5. The van der Waals surface area contributed by atoms with Crippen molar-refractivity contribution in [3.8, 4) is 0 Å². The number of rotatable bonds is 4. The highest BCUT2D eigenvalue weighted by atomic mass is 35.5. The van der Waals surface area contributed by atoms with E-state index in [2.05, 4.69) is 5.32 Å². The summed E-state index contributed by atoms with van der Waals surface area (Å²) in [5, 5.41) is 12.0. The van der Waals surface area contributed by atoms with Gasteiger partial charge in [0.1, 0.15) is 10.2 Å². The second kappa shape index (κ2) is 7.30. The Labute approximate surface area is 178 Å². The van der Waals surface area contributed by atoms with Gasteiger partial charge in [-0.1, -0.05) is 34.8 Å². The van der Waals surface area contributed by atoms with Gasteiger partial charge in [-0.2, -0.15) is 0 Å². The number of carbonyl (C=O) groups excluding carboxylic acids is 1. The first kappa shape index (κ1) is 20.5. The summed E-state index contributed by atoms with van der Waals surface area (Å²) >= 11 is 30.4. The van der Waals surface area contributed by atoms with Gasteiger partial charge in [0.25, 0.3) is 0 Å². The maximum atomic E-state index is 13.5. The largest absolute Gasteiger partial charge is 0.478 e. The fourth-order valence-corrected chi connectivity index (χ4v) is 4.25. The summed E-state index contributed by atoms with van der Waals surface area (Å²) in [6.45, 7) is 0. The minimum atomic E-state index is -1.46. The highest BCUT2D eigenvalue weighted by Gasteiger charge is 2.67. The van der Waals surface area contributed by atoms with E-state index in [0.29, 0.717) is 5.56 Å². The van der Waals surface area contributed by atoms with Crippen molar-refractivity contribution in [2.75, 3.05) is 5.32 Å². The van der Waals surface area contributed by atoms with E-state index in [0.717, 1.165) is 12.1 Å². The molecule has 0 radical (unpaired) electrons. The summed E-state index contributed by atoms with van der Waals surface area (Å²) in [6, 6.07) is 6.22. The molecule has 0 saturated heterocycles. The first-order valence-corrected chi connectivity index (χ1v) is 9.29. The molecule has 1 amide bonds. The Morgan fingerprint density at radius 3 is 2.22 bits per heavy atom. The van der Waals surface area contributed by atoms with E-state index in [1.54, 1.807) is 0 Å². The highest BCUT2D eigenvalue weighted by Crippen LogP contribution is 2.65. The van der Waals surface area contributed by atoms with E-state index < -0.39 is 39.4 Å². The lowest BCUT2D eigenvalue weighted by atomic mass is 10.1. The molecular weight excluding hydrogens is 462 g/mol. The van der Waals surface area contributed by atoms with Crippen LogP contribution >= 0.6 is 58.0 Å². The van der Waals surface area contributed by atoms with Crippen LogP contribution in [0.3, 0.4) is 0 Å². The molecule has 0 unspecified atom stereocenters. The molecule has 1 saturated carbocycles. The molecule has 2 aromatic carbocycles. The Morgan fingerprint density at radius 1 is 1.07 bits per heavy atom. The first-order valence-electron chi connectivity index (χ1n) is 7.40. The monoisotopic (exact) mass is 469 g/mol. The van der Waals surface area contributed by atoms with Crippen molar-refractivity contribution in [2.24, 2.45) is 5.92 Å². The number of carboxylic acids is 1. The van der Waals surface area contributed by atoms with Crippen molar-refractivity contribution in [1.82, 2.24) is 0 Å². The fourth-order valence-electron chi connectivity index (χ4n) is 2.81. The number of hydrogen-bond acceptors (Lipinski definition) is 2. The van der Waals surface area contributed by atoms with E-state index in [-0.39, 0.29) is 20.8 Å². The summed E-state index contributed by atoms with van der Waals surface area (Å²) in [6.07, 6.45) is 0. The number of carboxylic acid groups (broad SMARTS) is 1. The van der Waals surface area contributed by atoms with E-state index in [9.17, 15) is 14.0 Å². The smallest absolute Gasteiger partial charge is 0.338 e. The number of aromatic carboxylic acids is 1. The number of alkyl halides is 2. The van der Waals surface area contributed by atoms with Crippen molar-refractivity contribution in [3.63, 3.8) is 0 Å². The zero-order valence-corrected chi connectivity index (χ0v) is 16.9. The summed E-state index contributed by atoms with van der Waals surface area (Å²) < 4.78 is 12.1. The Morgan fingerprint density at radius 2 is 1.67 bits per heavy atom. The average Bonchev–Trinajstić information content (AvgIpc) is 3.16. The zero-order valence-electron chi connectivity index (χ0n) is 13.1. The third kappa shape index (κ3) is 3.84. The van der Waals surface area contributed by atoms with Crippen LogP contribution < -0.4 is 5.32 Å². The Hall–Kier alpha value is -1.24. The summed E-state index contributed by atoms with van der Waals surface area (Å²) in [7, 11) is 0. The molecule has 27 heavy (non-hydrogen) atoms. The topological polar surface area (TPSA) is 66.4 Å². The van der Waals surface area contributed by atoms with E-state index >= 15 is 0 Å². The quantitative estimate of drug-likeness (QED) is 0.424. The second-order valence-corrected chi connectivity index (χ2v) is 8.55. The Bertz CT molecular complexity index is 943. The van der Waals surface area contributed by atoms with Crippen LogP contribution in [0, 0.1) is 11.7 Å². The van der Waals surface area contributed by atoms with Gasteiger partial charge in [0, 0.05) is 11.6 Å². The van der Waals surface area contributed by atoms with Gasteiger partial charge in [-0.15, -0.1) is 23.2 Å². The molecular formula is C17H9Cl5FNO3. The lowest BCUT2D eigenvalue weighted by Gasteiger charge is -2.07. The minimum Gasteiger partial charge on any atom is -0.478 e. The number of nitrogens with one attached hydrogen (secondary N) is 1. The summed E-state index contributed by atoms with van der Waals surface area (Å²) in [4.78, 5) is 23.6. The van der Waals surface area contributed by atoms with Crippen LogP contribution in [0.15, 0.2) is 30.3 Å². The van der Waals surface area contributed by atoms with Crippen LogP contribution in [0.5, 0.6) is 0 Å². The van der Waals surface area contributed by atoms with Crippen LogP contribution in [0.4, 0.5) is 10.1 Å². The number of hydrogen-bond donors (Lipinski definition) is 2. The molecule has 2 aromatic rings. The molecule has 142 valence electrons. The molecule has 2 N–H and O–H groups in total. The fraction of sp³-hybridized carbons (Fsp3) is 0.176. The van der Waals surface area contributed by atoms with E-state index in [1.807, 2.05) is 0 Å². The van der Waals surface area contributed by atoms with Gasteiger partial charge < -0.3 is 10.4 Å². The Kier molecular flexibility index (Phi) is 5.54. The van der Waals surface area contributed by atoms with Gasteiger partial charge in [-0.05, 0) is 35.9 Å². The molecule has 1 aliphatic carbocycles. The molecule has 0 aliphatic heterocycles. The van der Waals surface area contributed by atoms with Crippen molar-refractivity contribution < 1.29 is 19.1 Å². The van der Waals surface area contributed by atoms with Gasteiger partial charge in [-0.25, -0.2) is 9.18 Å². The number of carbonyl (C=O) groups is 2. The van der Waals surface area contributed by atoms with Crippen LogP contribution in [0.2, 0.25) is 15.1 Å². The second-order valence-electron chi connectivity index (χ2n) is 5.92. The zero-order chi connectivity index (χ0) is 20.1. The predicted octanol–water partition coefficient (Wildman–Crippen LogP) is 6.01. The molecule has 3 rings (SSSR count). The minimum absolute atomic E-state index is 0.0979. The third-order valence-electron chi connectivity index (χ3n) is 4.17. The van der Waals surface area contributed by atoms with Gasteiger partial charge >= 0.3 is 5.97 Å². The Balaban J connectivity index is 1.84. The molecule has 10 heteroatoms. The van der Waals surface area contributed by atoms with E-state index in [1.165, 1.54) is 18.2 Å². The average molecular weight is 472 g/mol. The lowest BCUT2D eigenvalue weighted by molar-refractivity contribution is -0.117. The molecule has 0 heterocycles.